The zero-order valence-corrected chi connectivity index (χ0v) is 19.2. The van der Waals surface area contributed by atoms with Crippen LogP contribution in [-0.4, -0.2) is 75.4 Å². The molecule has 4 heterocycles. The minimum Gasteiger partial charge on any atom is -0.477 e. The Balaban J connectivity index is 1.43. The number of thioether (sulfide) groups is 1. The van der Waals surface area contributed by atoms with Crippen LogP contribution in [0, 0.1) is 11.8 Å². The Hall–Kier alpha value is -2.11. The van der Waals surface area contributed by atoms with E-state index in [9.17, 15) is 24.6 Å². The number of carbonyl (C=O) groups excluding carboxylic acids is 2. The third-order valence-electron chi connectivity index (χ3n) is 6.27. The molecule has 2 amide bonds. The van der Waals surface area contributed by atoms with Crippen molar-refractivity contribution in [1.29, 1.82) is 0 Å². The molecule has 11 heteroatoms. The predicted octanol–water partition coefficient (Wildman–Crippen LogP) is 1.36. The second-order valence-corrected chi connectivity index (χ2v) is 10.3. The summed E-state index contributed by atoms with van der Waals surface area (Å²) in [6, 6.07) is -0.278. The van der Waals surface area contributed by atoms with Crippen molar-refractivity contribution < 1.29 is 24.6 Å². The van der Waals surface area contributed by atoms with Crippen LogP contribution in [0.25, 0.3) is 0 Å². The van der Waals surface area contributed by atoms with E-state index < -0.39 is 18.0 Å². The maximum absolute atomic E-state index is 12.5. The standard InChI is InChI=1S/C20H26N4O5S2/c1-9-14-13(10(2)25)18(27)24(14)15(19(28)29)16(9)31-11-4-6-23(7-5-11)20-22-12(8-30-20)17(26)21-3/h8-11,13-14,25H,4-7H2,1-3H3,(H,21,26)(H,28,29)/t9-,10-,13-,14-/m1/s1. The number of carbonyl (C=O) groups is 3. The third kappa shape index (κ3) is 3.72. The Morgan fingerprint density at radius 1 is 1.35 bits per heavy atom. The molecule has 3 N–H and O–H groups in total. The van der Waals surface area contributed by atoms with Crippen LogP contribution in [0.2, 0.25) is 0 Å². The highest BCUT2D eigenvalue weighted by molar-refractivity contribution is 8.03. The molecule has 1 aromatic heterocycles. The minimum atomic E-state index is -1.09. The second-order valence-electron chi connectivity index (χ2n) is 8.17. The Kier molecular flexibility index (Phi) is 6.01. The van der Waals surface area contributed by atoms with Crippen molar-refractivity contribution in [3.8, 4) is 0 Å². The van der Waals surface area contributed by atoms with Gasteiger partial charge >= 0.3 is 5.97 Å². The molecule has 2 saturated heterocycles. The normalized spacial score (nSPS) is 27.2. The van der Waals surface area contributed by atoms with Crippen LogP contribution in [0.3, 0.4) is 0 Å². The molecule has 4 rings (SSSR count). The topological polar surface area (TPSA) is 123 Å². The molecule has 0 aromatic carbocycles. The largest absolute Gasteiger partial charge is 0.477 e. The molecule has 2 fully saturated rings. The minimum absolute atomic E-state index is 0.0852. The first-order chi connectivity index (χ1) is 14.7. The number of piperidine rings is 1. The van der Waals surface area contributed by atoms with E-state index in [4.69, 9.17) is 0 Å². The molecule has 31 heavy (non-hydrogen) atoms. The van der Waals surface area contributed by atoms with Gasteiger partial charge in [0.25, 0.3) is 5.91 Å². The highest BCUT2D eigenvalue weighted by Gasteiger charge is 2.60. The number of rotatable bonds is 6. The van der Waals surface area contributed by atoms with Crippen molar-refractivity contribution in [2.75, 3.05) is 25.0 Å². The molecule has 9 nitrogen and oxygen atoms in total. The van der Waals surface area contributed by atoms with E-state index in [1.165, 1.54) is 16.2 Å². The number of amides is 2. The zero-order valence-electron chi connectivity index (χ0n) is 17.6. The number of aliphatic carboxylic acids is 1. The van der Waals surface area contributed by atoms with E-state index in [1.807, 2.05) is 6.92 Å². The molecule has 0 saturated carbocycles. The maximum Gasteiger partial charge on any atom is 0.353 e. The summed E-state index contributed by atoms with van der Waals surface area (Å²) in [5.41, 5.74) is 0.499. The number of thiazole rings is 1. The molecule has 0 bridgehead atoms. The van der Waals surface area contributed by atoms with Gasteiger partial charge in [0, 0.05) is 41.6 Å². The van der Waals surface area contributed by atoms with Gasteiger partial charge in [-0.3, -0.25) is 9.59 Å². The van der Waals surface area contributed by atoms with Gasteiger partial charge < -0.3 is 25.3 Å². The van der Waals surface area contributed by atoms with E-state index in [1.54, 1.807) is 31.1 Å². The number of hydrogen-bond donors (Lipinski definition) is 3. The zero-order chi connectivity index (χ0) is 22.4. The number of β-lactam (4-membered cyclic amide) rings is 1. The van der Waals surface area contributed by atoms with Crippen LogP contribution in [0.4, 0.5) is 5.13 Å². The fourth-order valence-electron chi connectivity index (χ4n) is 4.67. The Labute approximate surface area is 188 Å². The number of anilines is 1. The molecule has 0 aliphatic carbocycles. The second kappa shape index (κ2) is 8.44. The molecular formula is C20H26N4O5S2. The first-order valence-electron chi connectivity index (χ1n) is 10.3. The lowest BCUT2D eigenvalue weighted by atomic mass is 9.79. The average molecular weight is 467 g/mol. The van der Waals surface area contributed by atoms with E-state index >= 15 is 0 Å². The molecule has 0 spiro atoms. The molecule has 0 unspecified atom stereocenters. The quantitative estimate of drug-likeness (QED) is 0.537. The van der Waals surface area contributed by atoms with E-state index in [2.05, 4.69) is 15.2 Å². The monoisotopic (exact) mass is 466 g/mol. The third-order valence-corrected chi connectivity index (χ3v) is 8.79. The van der Waals surface area contributed by atoms with Crippen molar-refractivity contribution in [3.63, 3.8) is 0 Å². The van der Waals surface area contributed by atoms with Gasteiger partial charge in [0.1, 0.15) is 11.4 Å². The smallest absolute Gasteiger partial charge is 0.353 e. The molecule has 3 aliphatic rings. The van der Waals surface area contributed by atoms with Crippen LogP contribution in [0.1, 0.15) is 37.2 Å². The number of carboxylic acid groups (broad SMARTS) is 1. The Morgan fingerprint density at radius 3 is 2.61 bits per heavy atom. The van der Waals surface area contributed by atoms with Gasteiger partial charge in [0.2, 0.25) is 5.91 Å². The number of aromatic nitrogens is 1. The number of nitrogens with zero attached hydrogens (tertiary/aromatic N) is 3. The first kappa shape index (κ1) is 22.1. The summed E-state index contributed by atoms with van der Waals surface area (Å²) in [6.07, 6.45) is 0.902. The lowest BCUT2D eigenvalue weighted by Crippen LogP contribution is -2.63. The van der Waals surface area contributed by atoms with Gasteiger partial charge in [0.05, 0.1) is 18.1 Å². The van der Waals surface area contributed by atoms with E-state index in [-0.39, 0.29) is 34.7 Å². The summed E-state index contributed by atoms with van der Waals surface area (Å²) in [5, 5.41) is 25.1. The fourth-order valence-corrected chi connectivity index (χ4v) is 6.98. The van der Waals surface area contributed by atoms with Gasteiger partial charge in [-0.05, 0) is 19.8 Å². The Morgan fingerprint density at radius 2 is 2.03 bits per heavy atom. The predicted molar refractivity (Wildman–Crippen MR) is 118 cm³/mol. The number of nitrogens with one attached hydrogen (secondary N) is 1. The maximum atomic E-state index is 12.5. The highest BCUT2D eigenvalue weighted by Crippen LogP contribution is 2.52. The van der Waals surface area contributed by atoms with Gasteiger partial charge in [0.15, 0.2) is 5.13 Å². The summed E-state index contributed by atoms with van der Waals surface area (Å²) in [7, 11) is 1.58. The summed E-state index contributed by atoms with van der Waals surface area (Å²) in [6.45, 7) is 5.07. The number of aliphatic hydroxyl groups is 1. The van der Waals surface area contributed by atoms with Crippen LogP contribution < -0.4 is 10.2 Å². The molecule has 4 atom stereocenters. The van der Waals surface area contributed by atoms with E-state index in [0.717, 1.165) is 36.0 Å². The SMILES string of the molecule is CNC(=O)c1csc(N2CCC(SC3=C(C(=O)O)N4C(=O)[C@H]([C@@H](C)O)[C@H]4[C@H]3C)CC2)n1. The van der Waals surface area contributed by atoms with Crippen LogP contribution in [0.15, 0.2) is 16.0 Å². The van der Waals surface area contributed by atoms with Gasteiger partial charge in [-0.25, -0.2) is 9.78 Å². The summed E-state index contributed by atoms with van der Waals surface area (Å²) >= 11 is 3.01. The summed E-state index contributed by atoms with van der Waals surface area (Å²) in [5.74, 6) is -2.24. The van der Waals surface area contributed by atoms with Crippen molar-refractivity contribution in [1.82, 2.24) is 15.2 Å². The van der Waals surface area contributed by atoms with Crippen molar-refractivity contribution in [2.24, 2.45) is 11.8 Å². The van der Waals surface area contributed by atoms with Crippen molar-refractivity contribution in [3.05, 3.63) is 21.7 Å². The number of fused-ring (bicyclic) bond motifs is 1. The van der Waals surface area contributed by atoms with Gasteiger partial charge in [-0.1, -0.05) is 6.92 Å². The first-order valence-corrected chi connectivity index (χ1v) is 12.1. The summed E-state index contributed by atoms with van der Waals surface area (Å²) in [4.78, 5) is 44.8. The number of aliphatic hydroxyl groups excluding tert-OH is 1. The van der Waals surface area contributed by atoms with Gasteiger partial charge in [-0.2, -0.15) is 0 Å². The van der Waals surface area contributed by atoms with Crippen molar-refractivity contribution in [2.45, 2.75) is 44.1 Å². The molecule has 1 aromatic rings. The van der Waals surface area contributed by atoms with Crippen LogP contribution in [-0.2, 0) is 9.59 Å². The lowest BCUT2D eigenvalue weighted by Gasteiger charge is -2.46. The number of hydrogen-bond acceptors (Lipinski definition) is 8. The lowest BCUT2D eigenvalue weighted by molar-refractivity contribution is -0.163. The van der Waals surface area contributed by atoms with Crippen LogP contribution >= 0.6 is 23.1 Å². The van der Waals surface area contributed by atoms with E-state index in [0.29, 0.717) is 5.69 Å². The highest BCUT2D eigenvalue weighted by atomic mass is 32.2. The molecular weight excluding hydrogens is 440 g/mol. The molecule has 0 radical (unpaired) electrons. The molecule has 3 aliphatic heterocycles. The number of carboxylic acids is 1. The van der Waals surface area contributed by atoms with Crippen molar-refractivity contribution >= 4 is 46.0 Å². The van der Waals surface area contributed by atoms with Crippen LogP contribution in [0.5, 0.6) is 0 Å². The van der Waals surface area contributed by atoms with Gasteiger partial charge in [-0.15, -0.1) is 23.1 Å². The molecule has 168 valence electrons. The fraction of sp³-hybridized carbons (Fsp3) is 0.600. The average Bonchev–Trinajstić information content (AvgIpc) is 3.31. The Bertz CT molecular complexity index is 938. The summed E-state index contributed by atoms with van der Waals surface area (Å²) < 4.78 is 0.